The first-order chi connectivity index (χ1) is 8.91. The molecule has 1 N–H and O–H groups in total. The van der Waals surface area contributed by atoms with Crippen LogP contribution in [0.5, 0.6) is 0 Å². The Labute approximate surface area is 112 Å². The number of benzene rings is 1. The highest BCUT2D eigenvalue weighted by atomic mass is 19.1. The Balaban J connectivity index is 2.39. The largest absolute Gasteiger partial charge is 0.296 e. The van der Waals surface area contributed by atoms with Crippen molar-refractivity contribution in [3.63, 3.8) is 0 Å². The van der Waals surface area contributed by atoms with E-state index in [1.54, 1.807) is 13.0 Å². The van der Waals surface area contributed by atoms with Crippen LogP contribution in [0.3, 0.4) is 0 Å². The van der Waals surface area contributed by atoms with Gasteiger partial charge in [0.05, 0.1) is 5.92 Å². The van der Waals surface area contributed by atoms with Crippen LogP contribution in [0.2, 0.25) is 0 Å². The standard InChI is InChI=1S/C15H18FNO2/c1-8(2)10-4-5-11(9(3)14(10)16)12-6-7-13(18)17-15(12)19/h4-5,8,12H,6-7H2,1-3H3,(H,17,18,19). The number of carbonyl (C=O) groups excluding carboxylic acids is 2. The van der Waals surface area contributed by atoms with Gasteiger partial charge in [-0.05, 0) is 36.0 Å². The molecule has 1 unspecified atom stereocenters. The van der Waals surface area contributed by atoms with Gasteiger partial charge in [0.2, 0.25) is 11.8 Å². The fourth-order valence-corrected chi connectivity index (χ4v) is 2.53. The molecule has 0 saturated carbocycles. The summed E-state index contributed by atoms with van der Waals surface area (Å²) in [6.45, 7) is 5.56. The third-order valence-corrected chi connectivity index (χ3v) is 3.69. The van der Waals surface area contributed by atoms with Gasteiger partial charge in [-0.3, -0.25) is 14.9 Å². The number of nitrogens with one attached hydrogen (secondary N) is 1. The fraction of sp³-hybridized carbons (Fsp3) is 0.467. The van der Waals surface area contributed by atoms with Gasteiger partial charge in [-0.15, -0.1) is 0 Å². The van der Waals surface area contributed by atoms with E-state index in [2.05, 4.69) is 5.32 Å². The number of carbonyl (C=O) groups is 2. The first kappa shape index (κ1) is 13.7. The molecule has 0 radical (unpaired) electrons. The summed E-state index contributed by atoms with van der Waals surface area (Å²) < 4.78 is 14.3. The predicted octanol–water partition coefficient (Wildman–Crippen LogP) is 2.78. The summed E-state index contributed by atoms with van der Waals surface area (Å²) in [4.78, 5) is 23.0. The van der Waals surface area contributed by atoms with Crippen LogP contribution in [0.1, 0.15) is 55.2 Å². The molecule has 0 aromatic heterocycles. The predicted molar refractivity (Wildman–Crippen MR) is 70.4 cm³/mol. The zero-order valence-corrected chi connectivity index (χ0v) is 11.4. The van der Waals surface area contributed by atoms with Crippen LogP contribution in [-0.4, -0.2) is 11.8 Å². The molecule has 1 heterocycles. The number of amides is 2. The molecule has 0 spiro atoms. The molecule has 19 heavy (non-hydrogen) atoms. The summed E-state index contributed by atoms with van der Waals surface area (Å²) in [7, 11) is 0. The molecule has 4 heteroatoms. The lowest BCUT2D eigenvalue weighted by atomic mass is 9.85. The maximum Gasteiger partial charge on any atom is 0.234 e. The van der Waals surface area contributed by atoms with Crippen molar-refractivity contribution in [2.45, 2.75) is 45.4 Å². The van der Waals surface area contributed by atoms with Crippen molar-refractivity contribution in [3.8, 4) is 0 Å². The summed E-state index contributed by atoms with van der Waals surface area (Å²) in [5, 5.41) is 2.31. The smallest absolute Gasteiger partial charge is 0.234 e. The van der Waals surface area contributed by atoms with E-state index in [-0.39, 0.29) is 23.5 Å². The van der Waals surface area contributed by atoms with Crippen LogP contribution in [-0.2, 0) is 9.59 Å². The number of hydrogen-bond acceptors (Lipinski definition) is 2. The van der Waals surface area contributed by atoms with E-state index in [0.717, 1.165) is 0 Å². The van der Waals surface area contributed by atoms with Gasteiger partial charge in [-0.2, -0.15) is 0 Å². The number of hydrogen-bond donors (Lipinski definition) is 1. The zero-order chi connectivity index (χ0) is 14.2. The maximum atomic E-state index is 14.3. The second-order valence-electron chi connectivity index (χ2n) is 5.34. The lowest BCUT2D eigenvalue weighted by Gasteiger charge is -2.23. The molecule has 1 saturated heterocycles. The molecule has 0 aliphatic carbocycles. The van der Waals surface area contributed by atoms with Crippen LogP contribution in [0.15, 0.2) is 12.1 Å². The topological polar surface area (TPSA) is 46.2 Å². The zero-order valence-electron chi connectivity index (χ0n) is 11.4. The monoisotopic (exact) mass is 263 g/mol. The molecule has 1 aromatic carbocycles. The van der Waals surface area contributed by atoms with Gasteiger partial charge < -0.3 is 0 Å². The minimum atomic E-state index is -0.423. The Hall–Kier alpha value is -1.71. The Morgan fingerprint density at radius 3 is 2.58 bits per heavy atom. The molecule has 102 valence electrons. The van der Waals surface area contributed by atoms with Crippen LogP contribution in [0.4, 0.5) is 4.39 Å². The van der Waals surface area contributed by atoms with Crippen molar-refractivity contribution in [2.24, 2.45) is 0 Å². The van der Waals surface area contributed by atoms with Crippen LogP contribution < -0.4 is 5.32 Å². The van der Waals surface area contributed by atoms with Gasteiger partial charge in [0.1, 0.15) is 5.82 Å². The first-order valence-corrected chi connectivity index (χ1v) is 6.54. The van der Waals surface area contributed by atoms with E-state index in [1.165, 1.54) is 0 Å². The van der Waals surface area contributed by atoms with Gasteiger partial charge in [-0.25, -0.2) is 4.39 Å². The number of piperidine rings is 1. The first-order valence-electron chi connectivity index (χ1n) is 6.54. The highest BCUT2D eigenvalue weighted by molar-refractivity contribution is 6.01. The summed E-state index contributed by atoms with van der Waals surface area (Å²) in [6.07, 6.45) is 0.759. The molecular weight excluding hydrogens is 245 g/mol. The molecular formula is C15H18FNO2. The second-order valence-corrected chi connectivity index (χ2v) is 5.34. The Morgan fingerprint density at radius 2 is 2.00 bits per heavy atom. The summed E-state index contributed by atoms with van der Waals surface area (Å²) in [5.41, 5.74) is 1.86. The minimum Gasteiger partial charge on any atom is -0.296 e. The van der Waals surface area contributed by atoms with E-state index in [4.69, 9.17) is 0 Å². The third kappa shape index (κ3) is 2.53. The SMILES string of the molecule is Cc1c(C2CCC(=O)NC2=O)ccc(C(C)C)c1F. The van der Waals surface area contributed by atoms with Gasteiger partial charge in [0, 0.05) is 6.42 Å². The van der Waals surface area contributed by atoms with Crippen LogP contribution in [0.25, 0.3) is 0 Å². The van der Waals surface area contributed by atoms with E-state index >= 15 is 0 Å². The average molecular weight is 263 g/mol. The van der Waals surface area contributed by atoms with Gasteiger partial charge in [0.25, 0.3) is 0 Å². The van der Waals surface area contributed by atoms with Gasteiger partial charge in [0.15, 0.2) is 0 Å². The lowest BCUT2D eigenvalue weighted by Crippen LogP contribution is -2.39. The van der Waals surface area contributed by atoms with Crippen molar-refractivity contribution in [3.05, 3.63) is 34.6 Å². The molecule has 2 rings (SSSR count). The molecule has 2 amide bonds. The molecule has 3 nitrogen and oxygen atoms in total. The quantitative estimate of drug-likeness (QED) is 0.834. The Bertz CT molecular complexity index is 537. The number of rotatable bonds is 2. The van der Waals surface area contributed by atoms with Gasteiger partial charge in [-0.1, -0.05) is 26.0 Å². The van der Waals surface area contributed by atoms with Crippen molar-refractivity contribution < 1.29 is 14.0 Å². The van der Waals surface area contributed by atoms with E-state index < -0.39 is 5.92 Å². The number of halogens is 1. The van der Waals surface area contributed by atoms with E-state index in [1.807, 2.05) is 19.9 Å². The highest BCUT2D eigenvalue weighted by Gasteiger charge is 2.30. The fourth-order valence-electron chi connectivity index (χ4n) is 2.53. The van der Waals surface area contributed by atoms with Crippen LogP contribution in [0, 0.1) is 12.7 Å². The summed E-state index contributed by atoms with van der Waals surface area (Å²) in [6, 6.07) is 3.56. The minimum absolute atomic E-state index is 0.106. The lowest BCUT2D eigenvalue weighted by molar-refractivity contribution is -0.134. The molecule has 1 aromatic rings. The highest BCUT2D eigenvalue weighted by Crippen LogP contribution is 2.31. The summed E-state index contributed by atoms with van der Waals surface area (Å²) in [5.74, 6) is -1.13. The maximum absolute atomic E-state index is 14.3. The van der Waals surface area contributed by atoms with E-state index in [9.17, 15) is 14.0 Å². The van der Waals surface area contributed by atoms with Crippen LogP contribution >= 0.6 is 0 Å². The second kappa shape index (κ2) is 5.11. The Morgan fingerprint density at radius 1 is 1.32 bits per heavy atom. The van der Waals surface area contributed by atoms with Crippen molar-refractivity contribution in [1.82, 2.24) is 5.32 Å². The van der Waals surface area contributed by atoms with Crippen molar-refractivity contribution in [2.75, 3.05) is 0 Å². The molecule has 1 aliphatic rings. The van der Waals surface area contributed by atoms with Crippen molar-refractivity contribution in [1.29, 1.82) is 0 Å². The number of imide groups is 1. The average Bonchev–Trinajstić information content (AvgIpc) is 2.33. The molecule has 1 fully saturated rings. The molecule has 1 atom stereocenters. The third-order valence-electron chi connectivity index (χ3n) is 3.69. The molecule has 1 aliphatic heterocycles. The summed E-state index contributed by atoms with van der Waals surface area (Å²) >= 11 is 0. The Kier molecular flexibility index (Phi) is 3.69. The normalized spacial score (nSPS) is 19.7. The van der Waals surface area contributed by atoms with Gasteiger partial charge >= 0.3 is 0 Å². The van der Waals surface area contributed by atoms with E-state index in [0.29, 0.717) is 29.5 Å². The van der Waals surface area contributed by atoms with Crippen molar-refractivity contribution >= 4 is 11.8 Å². The molecule has 0 bridgehead atoms.